The fourth-order valence-electron chi connectivity index (χ4n) is 14.2. The Kier molecular flexibility index (Phi) is 6.99. The van der Waals surface area contributed by atoms with Gasteiger partial charge in [0.15, 0.2) is 8.07 Å². The van der Waals surface area contributed by atoms with Gasteiger partial charge in [-0.1, -0.05) is 236 Å². The van der Waals surface area contributed by atoms with Crippen LogP contribution in [0.4, 0.5) is 0 Å². The van der Waals surface area contributed by atoms with Crippen molar-refractivity contribution in [3.8, 4) is 22.7 Å². The van der Waals surface area contributed by atoms with Gasteiger partial charge in [-0.05, 0) is 138 Å². The van der Waals surface area contributed by atoms with E-state index in [1.165, 1.54) is 9.13 Å². The zero-order valence-corrected chi connectivity index (χ0v) is 47.7. The molecule has 19 aromatic rings. The molecule has 0 spiro atoms. The van der Waals surface area contributed by atoms with Gasteiger partial charge in [-0.15, -0.1) is 0 Å². The topological polar surface area (TPSA) is 19.7 Å². The number of aromatic nitrogens is 4. The molecule has 0 N–H and O–H groups in total. The van der Waals surface area contributed by atoms with Crippen molar-refractivity contribution in [2.45, 2.75) is 0 Å². The van der Waals surface area contributed by atoms with Gasteiger partial charge in [0.05, 0.1) is 75.7 Å². The number of fused-ring (bicyclic) bond motifs is 19. The van der Waals surface area contributed by atoms with Gasteiger partial charge in [-0.2, -0.15) is 0 Å². The first-order valence-corrected chi connectivity index (χ1v) is 31.0. The highest BCUT2D eigenvalue weighted by molar-refractivity contribution is 7.20. The maximum absolute atomic E-state index is 10.4. The third-order valence-corrected chi connectivity index (χ3v) is 22.6. The molecular formula is C84H54N4Si. The largest absolute Gasteiger partial charge is 0.309 e. The lowest BCUT2D eigenvalue weighted by atomic mass is 9.92. The molecule has 0 atom stereocenters. The summed E-state index contributed by atoms with van der Waals surface area (Å²) >= 11 is 0. The number of nitrogens with zero attached hydrogens (tertiary/aromatic N) is 4. The van der Waals surface area contributed by atoms with Gasteiger partial charge in [0.1, 0.15) is 0 Å². The minimum Gasteiger partial charge on any atom is -0.309 e. The molecule has 0 amide bonds. The molecular weight excluding hydrogens is 1090 g/mol. The lowest BCUT2D eigenvalue weighted by Gasteiger charge is -2.35. The van der Waals surface area contributed by atoms with E-state index in [0.29, 0.717) is 16.9 Å². The normalized spacial score (nSPS) is 15.9. The van der Waals surface area contributed by atoms with Crippen LogP contribution >= 0.6 is 0 Å². The Morgan fingerprint density at radius 3 is 1.16 bits per heavy atom. The molecule has 5 heteroatoms. The summed E-state index contributed by atoms with van der Waals surface area (Å²) in [5, 5.41) is 9.75. The van der Waals surface area contributed by atoms with Crippen LogP contribution in [0.2, 0.25) is 0 Å². The molecule has 0 aliphatic carbocycles. The van der Waals surface area contributed by atoms with Crippen LogP contribution < -0.4 is 20.7 Å². The van der Waals surface area contributed by atoms with E-state index in [2.05, 4.69) is 77.4 Å². The molecule has 19 rings (SSSR count). The fraction of sp³-hybridized carbons (Fsp3) is 0. The summed E-state index contributed by atoms with van der Waals surface area (Å²) in [6.45, 7) is 0. The van der Waals surface area contributed by atoms with E-state index in [1.54, 1.807) is 12.1 Å². The van der Waals surface area contributed by atoms with Gasteiger partial charge >= 0.3 is 0 Å². The summed E-state index contributed by atoms with van der Waals surface area (Å²) in [5.74, 6) is 0. The van der Waals surface area contributed by atoms with Crippen molar-refractivity contribution >= 4 is 148 Å². The van der Waals surface area contributed by atoms with E-state index < -0.39 is 164 Å². The molecule has 4 nitrogen and oxygen atoms in total. The maximum atomic E-state index is 10.4. The SMILES string of the molecule is [2H]c1c([2H])c([2H])c2c(c1[2H])c1c([2H])c([2H])c([2H])c([2H])c1n2-c1cccc([Si](c2ccccc2)(c2ccccc2)c2ccc(-n3c4cc(-n5c6c([2H])c([2H])c([2H])c([2H])c6c6c([2H])c(-n7c8c([2H])c([2H])c([2H])c([2H])c8c8c([2H])c([2H])c([2H])c([2H])c87)c([2H])c([2H])c65)ccc4c4c5c6ccccc6c6ccccc6c5ccc43)cc2)c1. The zero-order valence-electron chi connectivity index (χ0n) is 69.7. The van der Waals surface area contributed by atoms with Crippen molar-refractivity contribution in [3.63, 3.8) is 0 Å². The Balaban J connectivity index is 0.904. The molecule has 0 unspecified atom stereocenters. The zero-order chi connectivity index (χ0) is 78.3. The summed E-state index contributed by atoms with van der Waals surface area (Å²) in [6.07, 6.45) is 0. The lowest BCUT2D eigenvalue weighted by molar-refractivity contribution is 1.15. The number of hydrogen-bond acceptors (Lipinski definition) is 0. The molecule has 0 bridgehead atoms. The first-order chi connectivity index (χ1) is 53.7. The second-order valence-corrected chi connectivity index (χ2v) is 26.0. The Hall–Kier alpha value is -11.5. The molecule has 0 fully saturated rings. The second kappa shape index (κ2) is 19.3. The molecule has 89 heavy (non-hydrogen) atoms. The van der Waals surface area contributed by atoms with E-state index in [-0.39, 0.29) is 60.1 Å². The molecule has 0 saturated carbocycles. The summed E-state index contributed by atoms with van der Waals surface area (Å²) in [4.78, 5) is 0. The molecule has 0 aliphatic rings. The van der Waals surface area contributed by atoms with Crippen molar-refractivity contribution in [1.29, 1.82) is 0 Å². The van der Waals surface area contributed by atoms with E-state index in [9.17, 15) is 16.4 Å². The highest BCUT2D eigenvalue weighted by Crippen LogP contribution is 2.45. The molecule has 4 aromatic heterocycles. The summed E-state index contributed by atoms with van der Waals surface area (Å²) in [6, 6.07) is 47.6. The van der Waals surface area contributed by atoms with Gasteiger partial charge in [-0.3, -0.25) is 0 Å². The minimum atomic E-state index is -3.68. The first-order valence-electron chi connectivity index (χ1n) is 40.5. The maximum Gasteiger partial charge on any atom is 0.179 e. The van der Waals surface area contributed by atoms with Crippen molar-refractivity contribution in [3.05, 3.63) is 327 Å². The Bertz CT molecular complexity index is 7310. The predicted octanol–water partition coefficient (Wildman–Crippen LogP) is 18.9. The number of hydrogen-bond donors (Lipinski definition) is 0. The Morgan fingerprint density at radius 2 is 0.607 bits per heavy atom. The summed E-state index contributed by atoms with van der Waals surface area (Å²) in [7, 11) is -3.68. The predicted molar refractivity (Wildman–Crippen MR) is 380 cm³/mol. The van der Waals surface area contributed by atoms with Crippen LogP contribution in [0.15, 0.2) is 327 Å². The van der Waals surface area contributed by atoms with E-state index in [0.717, 1.165) is 73.9 Å². The van der Waals surface area contributed by atoms with Crippen molar-refractivity contribution in [1.82, 2.24) is 18.3 Å². The average Bonchev–Trinajstić information content (AvgIpc) is 1.52. The quantitative estimate of drug-likeness (QED) is 0.0821. The van der Waals surface area contributed by atoms with Crippen LogP contribution in [-0.2, 0) is 0 Å². The Morgan fingerprint density at radius 1 is 0.213 bits per heavy atom. The van der Waals surface area contributed by atoms with Crippen LogP contribution in [0.3, 0.4) is 0 Å². The molecule has 15 aromatic carbocycles. The molecule has 0 saturated heterocycles. The monoisotopic (exact) mass is 1170 g/mol. The van der Waals surface area contributed by atoms with Gasteiger partial charge in [0, 0.05) is 71.2 Å². The lowest BCUT2D eigenvalue weighted by Crippen LogP contribution is -2.74. The standard InChI is InChI=1S/C84H54N4Si/c1-3-23-59(24-4-1)89(60-25-5-2-6-26-60,62-27-21-22-56(52-62)86-75-37-16-11-31-66(75)67-32-12-17-38-76(67)86)61-46-42-55(43-47-61)85-81-51-49-72-65-30-8-7-28-63(65)64-29-9-10-36-71(64)83(72)84(81)73-48-44-58(54-82(73)85)88-79-41-20-15-35-70(79)74-53-57(45-50-80(74)88)87-77-39-18-13-33-68(77)69-34-14-19-40-78(69)87/h1-54H/i11D,12D,13D,14D,15D,16D,17D,18D,19D,20D,31D,32D,33D,34D,35D,37D,38D,39D,40D,41D,45D,50D,53D. The number of benzene rings is 15. The molecule has 4 heterocycles. The molecule has 414 valence electrons. The van der Waals surface area contributed by atoms with Crippen LogP contribution in [-0.4, -0.2) is 26.3 Å². The highest BCUT2D eigenvalue weighted by Gasteiger charge is 2.42. The molecule has 0 aliphatic heterocycles. The van der Waals surface area contributed by atoms with Gasteiger partial charge in [0.2, 0.25) is 0 Å². The van der Waals surface area contributed by atoms with Crippen molar-refractivity contribution in [2.75, 3.05) is 0 Å². The fourth-order valence-corrected chi connectivity index (χ4v) is 19.0. The average molecular weight is 1170 g/mol. The third kappa shape index (κ3) is 7.10. The second-order valence-electron chi connectivity index (χ2n) is 22.2. The van der Waals surface area contributed by atoms with Crippen LogP contribution in [0.1, 0.15) is 31.5 Å². The van der Waals surface area contributed by atoms with Crippen LogP contribution in [0, 0.1) is 0 Å². The van der Waals surface area contributed by atoms with Gasteiger partial charge < -0.3 is 18.3 Å². The van der Waals surface area contributed by atoms with Gasteiger partial charge in [-0.25, -0.2) is 0 Å². The highest BCUT2D eigenvalue weighted by atomic mass is 28.3. The third-order valence-electron chi connectivity index (χ3n) is 17.8. The summed E-state index contributed by atoms with van der Waals surface area (Å²) in [5.41, 5.74) is 0.745. The Labute approximate surface area is 546 Å². The smallest absolute Gasteiger partial charge is 0.179 e. The van der Waals surface area contributed by atoms with Crippen LogP contribution in [0.25, 0.3) is 142 Å². The van der Waals surface area contributed by atoms with E-state index in [4.69, 9.17) is 15.1 Å². The van der Waals surface area contributed by atoms with Crippen molar-refractivity contribution in [2.24, 2.45) is 0 Å². The van der Waals surface area contributed by atoms with Crippen molar-refractivity contribution < 1.29 is 31.5 Å². The summed E-state index contributed by atoms with van der Waals surface area (Å²) < 4.78 is 220. The first kappa shape index (κ1) is 32.3. The minimum absolute atomic E-state index is 0.0237. The van der Waals surface area contributed by atoms with Gasteiger partial charge in [0.25, 0.3) is 0 Å². The van der Waals surface area contributed by atoms with E-state index in [1.807, 2.05) is 103 Å². The van der Waals surface area contributed by atoms with Crippen LogP contribution in [0.5, 0.6) is 0 Å². The van der Waals surface area contributed by atoms with E-state index >= 15 is 0 Å². The number of para-hydroxylation sites is 5. The number of rotatable bonds is 8. The molecule has 0 radical (unpaired) electrons.